The lowest BCUT2D eigenvalue weighted by atomic mass is 10.0. The van der Waals surface area contributed by atoms with Crippen LogP contribution in [0.1, 0.15) is 37.5 Å². The van der Waals surface area contributed by atoms with Crippen molar-refractivity contribution in [2.45, 2.75) is 39.3 Å². The summed E-state index contributed by atoms with van der Waals surface area (Å²) < 4.78 is 5.54. The third-order valence-corrected chi connectivity index (χ3v) is 3.14. The van der Waals surface area contributed by atoms with Crippen LogP contribution in [-0.4, -0.2) is 36.0 Å². The first-order chi connectivity index (χ1) is 9.12. The summed E-state index contributed by atoms with van der Waals surface area (Å²) >= 11 is 0. The van der Waals surface area contributed by atoms with Gasteiger partial charge < -0.3 is 20.3 Å². The highest BCUT2D eigenvalue weighted by molar-refractivity contribution is 5.38. The lowest BCUT2D eigenvalue weighted by Gasteiger charge is -2.20. The lowest BCUT2D eigenvalue weighted by molar-refractivity contribution is 0.153. The zero-order valence-electron chi connectivity index (χ0n) is 12.0. The molecule has 0 saturated heterocycles. The van der Waals surface area contributed by atoms with Crippen LogP contribution in [0.3, 0.4) is 0 Å². The van der Waals surface area contributed by atoms with Gasteiger partial charge in [-0.05, 0) is 32.4 Å². The van der Waals surface area contributed by atoms with Gasteiger partial charge in [0, 0.05) is 18.2 Å². The molecule has 108 valence electrons. The van der Waals surface area contributed by atoms with E-state index in [0.717, 1.165) is 23.3 Å². The Hall–Kier alpha value is -1.10. The van der Waals surface area contributed by atoms with Gasteiger partial charge in [0.2, 0.25) is 0 Å². The minimum Gasteiger partial charge on any atom is -0.493 e. The number of aliphatic hydroxyl groups is 2. The monoisotopic (exact) mass is 267 g/mol. The van der Waals surface area contributed by atoms with Gasteiger partial charge in [0.25, 0.3) is 0 Å². The quantitative estimate of drug-likeness (QED) is 0.672. The fourth-order valence-electron chi connectivity index (χ4n) is 1.94. The molecule has 2 unspecified atom stereocenters. The molecule has 19 heavy (non-hydrogen) atoms. The Kier molecular flexibility index (Phi) is 6.84. The molecule has 2 atom stereocenters. The van der Waals surface area contributed by atoms with Gasteiger partial charge in [-0.2, -0.15) is 0 Å². The number of rotatable bonds is 8. The van der Waals surface area contributed by atoms with Crippen molar-refractivity contribution in [3.63, 3.8) is 0 Å². The van der Waals surface area contributed by atoms with Crippen molar-refractivity contribution >= 4 is 0 Å². The first-order valence-corrected chi connectivity index (χ1v) is 6.88. The summed E-state index contributed by atoms with van der Waals surface area (Å²) in [7, 11) is 0. The van der Waals surface area contributed by atoms with Crippen LogP contribution < -0.4 is 10.1 Å². The topological polar surface area (TPSA) is 61.7 Å². The molecular formula is C15H25NO3. The summed E-state index contributed by atoms with van der Waals surface area (Å²) in [5.41, 5.74) is 1.88. The predicted octanol–water partition coefficient (Wildman–Crippen LogP) is 1.79. The molecule has 0 amide bonds. The molecule has 0 bridgehead atoms. The number of hydrogen-bond donors (Lipinski definition) is 3. The first kappa shape index (κ1) is 16.0. The summed E-state index contributed by atoms with van der Waals surface area (Å²) in [6, 6.07) is 5.82. The van der Waals surface area contributed by atoms with E-state index < -0.39 is 6.10 Å². The first-order valence-electron chi connectivity index (χ1n) is 6.88. The molecule has 0 spiro atoms. The number of aryl methyl sites for hydroxylation is 1. The zero-order valence-corrected chi connectivity index (χ0v) is 12.0. The highest BCUT2D eigenvalue weighted by Crippen LogP contribution is 2.26. The van der Waals surface area contributed by atoms with Gasteiger partial charge in [0.15, 0.2) is 0 Å². The van der Waals surface area contributed by atoms with Crippen molar-refractivity contribution in [3.8, 4) is 5.75 Å². The van der Waals surface area contributed by atoms with Crippen LogP contribution in [0, 0.1) is 6.92 Å². The minimum atomic E-state index is -0.637. The molecule has 1 aromatic rings. The number of nitrogens with one attached hydrogen (secondary N) is 1. The van der Waals surface area contributed by atoms with E-state index in [2.05, 4.69) is 5.32 Å². The van der Waals surface area contributed by atoms with Crippen molar-refractivity contribution in [3.05, 3.63) is 29.3 Å². The summed E-state index contributed by atoms with van der Waals surface area (Å²) in [5.74, 6) is 0.722. The van der Waals surface area contributed by atoms with Crippen molar-refractivity contribution in [1.82, 2.24) is 5.32 Å². The van der Waals surface area contributed by atoms with Crippen LogP contribution in [0.15, 0.2) is 18.2 Å². The van der Waals surface area contributed by atoms with E-state index in [1.807, 2.05) is 39.0 Å². The Morgan fingerprint density at radius 3 is 2.63 bits per heavy atom. The second kappa shape index (κ2) is 8.15. The maximum Gasteiger partial charge on any atom is 0.125 e. The van der Waals surface area contributed by atoms with E-state index in [4.69, 9.17) is 9.84 Å². The Labute approximate surface area is 115 Å². The van der Waals surface area contributed by atoms with E-state index in [0.29, 0.717) is 13.2 Å². The van der Waals surface area contributed by atoms with Crippen LogP contribution >= 0.6 is 0 Å². The summed E-state index contributed by atoms with van der Waals surface area (Å²) in [5, 5.41) is 22.5. The fourth-order valence-corrected chi connectivity index (χ4v) is 1.94. The van der Waals surface area contributed by atoms with Crippen molar-refractivity contribution in [2.75, 3.05) is 19.8 Å². The number of hydrogen-bond acceptors (Lipinski definition) is 4. The predicted molar refractivity (Wildman–Crippen MR) is 76.5 cm³/mol. The fraction of sp³-hybridized carbons (Fsp3) is 0.600. The van der Waals surface area contributed by atoms with Gasteiger partial charge in [-0.25, -0.2) is 0 Å². The van der Waals surface area contributed by atoms with Crippen LogP contribution in [0.4, 0.5) is 0 Å². The van der Waals surface area contributed by atoms with Gasteiger partial charge in [-0.1, -0.05) is 18.6 Å². The van der Waals surface area contributed by atoms with Gasteiger partial charge >= 0.3 is 0 Å². The highest BCUT2D eigenvalue weighted by atomic mass is 16.5. The molecule has 0 heterocycles. The van der Waals surface area contributed by atoms with Crippen LogP contribution in [-0.2, 0) is 0 Å². The van der Waals surface area contributed by atoms with Crippen molar-refractivity contribution in [2.24, 2.45) is 0 Å². The molecule has 0 aliphatic carbocycles. The SMILES string of the molecule is CCOc1ccc(C)cc1C(O)CNC(CC)CO. The third kappa shape index (κ3) is 4.82. The molecule has 3 N–H and O–H groups in total. The van der Waals surface area contributed by atoms with E-state index in [9.17, 15) is 5.11 Å². The van der Waals surface area contributed by atoms with E-state index in [1.54, 1.807) is 0 Å². The molecule has 1 rings (SSSR count). The summed E-state index contributed by atoms with van der Waals surface area (Å²) in [6.07, 6.45) is 0.192. The molecule has 0 aliphatic heterocycles. The second-order valence-electron chi connectivity index (χ2n) is 4.69. The average Bonchev–Trinajstić information content (AvgIpc) is 2.42. The molecule has 0 aliphatic rings. The van der Waals surface area contributed by atoms with Crippen molar-refractivity contribution < 1.29 is 14.9 Å². The van der Waals surface area contributed by atoms with E-state index in [1.165, 1.54) is 0 Å². The summed E-state index contributed by atoms with van der Waals surface area (Å²) in [6.45, 7) is 6.97. The number of aliphatic hydroxyl groups excluding tert-OH is 2. The molecular weight excluding hydrogens is 242 g/mol. The standard InChI is InChI=1S/C15H25NO3/c1-4-12(10-17)16-9-14(18)13-8-11(3)6-7-15(13)19-5-2/h6-8,12,14,16-18H,4-5,9-10H2,1-3H3. The van der Waals surface area contributed by atoms with Gasteiger partial charge in [0.1, 0.15) is 5.75 Å². The molecule has 0 fully saturated rings. The number of benzene rings is 1. The van der Waals surface area contributed by atoms with Crippen LogP contribution in [0.5, 0.6) is 5.75 Å². The molecule has 0 aromatic heterocycles. The molecule has 0 saturated carbocycles. The van der Waals surface area contributed by atoms with Crippen molar-refractivity contribution in [1.29, 1.82) is 0 Å². The van der Waals surface area contributed by atoms with Crippen LogP contribution in [0.25, 0.3) is 0 Å². The highest BCUT2D eigenvalue weighted by Gasteiger charge is 2.15. The Morgan fingerprint density at radius 2 is 2.05 bits per heavy atom. The third-order valence-electron chi connectivity index (χ3n) is 3.14. The largest absolute Gasteiger partial charge is 0.493 e. The second-order valence-corrected chi connectivity index (χ2v) is 4.69. The van der Waals surface area contributed by atoms with Gasteiger partial charge in [-0.15, -0.1) is 0 Å². The Balaban J connectivity index is 2.74. The molecule has 1 aromatic carbocycles. The average molecular weight is 267 g/mol. The van der Waals surface area contributed by atoms with Crippen LogP contribution in [0.2, 0.25) is 0 Å². The molecule has 4 heteroatoms. The Morgan fingerprint density at radius 1 is 1.32 bits per heavy atom. The minimum absolute atomic E-state index is 0.0232. The number of ether oxygens (including phenoxy) is 1. The normalized spacial score (nSPS) is 14.2. The summed E-state index contributed by atoms with van der Waals surface area (Å²) in [4.78, 5) is 0. The maximum absolute atomic E-state index is 10.3. The Bertz CT molecular complexity index is 378. The maximum atomic E-state index is 10.3. The molecule has 0 radical (unpaired) electrons. The van der Waals surface area contributed by atoms with Gasteiger partial charge in [-0.3, -0.25) is 0 Å². The van der Waals surface area contributed by atoms with Gasteiger partial charge in [0.05, 0.1) is 19.3 Å². The smallest absolute Gasteiger partial charge is 0.125 e. The zero-order chi connectivity index (χ0) is 14.3. The van der Waals surface area contributed by atoms with E-state index >= 15 is 0 Å². The molecule has 4 nitrogen and oxygen atoms in total. The lowest BCUT2D eigenvalue weighted by Crippen LogP contribution is -2.35. The van der Waals surface area contributed by atoms with E-state index in [-0.39, 0.29) is 12.6 Å².